The molecule has 2 aromatic carbocycles. The first kappa shape index (κ1) is 17.6. The number of rotatable bonds is 4. The van der Waals surface area contributed by atoms with Crippen LogP contribution in [0.15, 0.2) is 47.4 Å². The predicted octanol–water partition coefficient (Wildman–Crippen LogP) is 2.53. The first-order valence-electron chi connectivity index (χ1n) is 7.94. The summed E-state index contributed by atoms with van der Waals surface area (Å²) in [5.74, 6) is -0.942. The van der Waals surface area contributed by atoms with Gasteiger partial charge < -0.3 is 4.90 Å². The van der Waals surface area contributed by atoms with Crippen LogP contribution in [-0.4, -0.2) is 26.9 Å². The number of hydrogen-bond donors (Lipinski definition) is 1. The first-order valence-corrected chi connectivity index (χ1v) is 9.42. The highest BCUT2D eigenvalue weighted by atomic mass is 32.2. The number of nitrogens with zero attached hydrogens (tertiary/aromatic N) is 1. The van der Waals surface area contributed by atoms with Crippen LogP contribution in [0.2, 0.25) is 0 Å². The Morgan fingerprint density at radius 2 is 1.80 bits per heavy atom. The number of benzene rings is 2. The monoisotopic (exact) mass is 362 g/mol. The molecule has 1 aliphatic rings. The number of amides is 1. The lowest BCUT2D eigenvalue weighted by Crippen LogP contribution is -2.41. The zero-order valence-corrected chi connectivity index (χ0v) is 14.8. The molecule has 0 unspecified atom stereocenters. The molecule has 7 heteroatoms. The molecule has 0 radical (unpaired) electrons. The molecular formula is C18H19FN2O3S. The molecule has 1 N–H and O–H groups in total. The van der Waals surface area contributed by atoms with Crippen LogP contribution in [0.3, 0.4) is 0 Å². The van der Waals surface area contributed by atoms with Crippen molar-refractivity contribution in [1.82, 2.24) is 4.72 Å². The van der Waals surface area contributed by atoms with E-state index in [4.69, 9.17) is 0 Å². The van der Waals surface area contributed by atoms with Gasteiger partial charge >= 0.3 is 0 Å². The number of aryl methyl sites for hydroxylation is 2. The van der Waals surface area contributed by atoms with E-state index >= 15 is 0 Å². The van der Waals surface area contributed by atoms with E-state index in [2.05, 4.69) is 4.72 Å². The van der Waals surface area contributed by atoms with Crippen LogP contribution >= 0.6 is 0 Å². The Morgan fingerprint density at radius 3 is 2.44 bits per heavy atom. The van der Waals surface area contributed by atoms with Crippen molar-refractivity contribution in [2.24, 2.45) is 0 Å². The third-order valence-electron chi connectivity index (χ3n) is 4.13. The number of hydrogen-bond acceptors (Lipinski definition) is 3. The van der Waals surface area contributed by atoms with E-state index in [-0.39, 0.29) is 10.8 Å². The predicted molar refractivity (Wildman–Crippen MR) is 93.4 cm³/mol. The SMILES string of the molecule is Cc1cc(C)cc(N2CC[C@H](NS(=O)(=O)c3cccc(F)c3)C2=O)c1. The molecule has 132 valence electrons. The molecular weight excluding hydrogens is 343 g/mol. The van der Waals surface area contributed by atoms with Crippen molar-refractivity contribution in [3.8, 4) is 0 Å². The van der Waals surface area contributed by atoms with Crippen LogP contribution in [0.25, 0.3) is 0 Å². The van der Waals surface area contributed by atoms with Crippen molar-refractivity contribution >= 4 is 21.6 Å². The molecule has 2 aromatic rings. The molecule has 0 bridgehead atoms. The summed E-state index contributed by atoms with van der Waals surface area (Å²) in [6.45, 7) is 4.32. The van der Waals surface area contributed by atoms with E-state index in [1.54, 1.807) is 4.90 Å². The highest BCUT2D eigenvalue weighted by molar-refractivity contribution is 7.89. The van der Waals surface area contributed by atoms with Crippen molar-refractivity contribution in [2.45, 2.75) is 31.2 Å². The van der Waals surface area contributed by atoms with Gasteiger partial charge in [0.15, 0.2) is 0 Å². The number of carbonyl (C=O) groups excluding carboxylic acids is 1. The van der Waals surface area contributed by atoms with Gasteiger partial charge in [-0.15, -0.1) is 0 Å². The number of sulfonamides is 1. The van der Waals surface area contributed by atoms with Gasteiger partial charge in [0.2, 0.25) is 15.9 Å². The number of anilines is 1. The number of nitrogens with one attached hydrogen (secondary N) is 1. The molecule has 1 atom stereocenters. The summed E-state index contributed by atoms with van der Waals surface area (Å²) in [4.78, 5) is 14.0. The zero-order chi connectivity index (χ0) is 18.2. The van der Waals surface area contributed by atoms with Crippen molar-refractivity contribution in [3.05, 3.63) is 59.4 Å². The van der Waals surface area contributed by atoms with Gasteiger partial charge in [0.25, 0.3) is 0 Å². The minimum Gasteiger partial charge on any atom is -0.311 e. The van der Waals surface area contributed by atoms with Gasteiger partial charge in [-0.2, -0.15) is 4.72 Å². The highest BCUT2D eigenvalue weighted by Gasteiger charge is 2.35. The Kier molecular flexibility index (Phi) is 4.62. The molecule has 0 spiro atoms. The molecule has 1 fully saturated rings. The summed E-state index contributed by atoms with van der Waals surface area (Å²) >= 11 is 0. The summed E-state index contributed by atoms with van der Waals surface area (Å²) in [6, 6.07) is 9.67. The Hall–Kier alpha value is -2.25. The molecule has 0 aromatic heterocycles. The summed E-state index contributed by atoms with van der Waals surface area (Å²) in [6.07, 6.45) is 0.361. The smallest absolute Gasteiger partial charge is 0.245 e. The van der Waals surface area contributed by atoms with E-state index in [1.807, 2.05) is 32.0 Å². The maximum absolute atomic E-state index is 13.3. The fraction of sp³-hybridized carbons (Fsp3) is 0.278. The average molecular weight is 362 g/mol. The molecule has 5 nitrogen and oxygen atoms in total. The van der Waals surface area contributed by atoms with E-state index in [1.165, 1.54) is 18.2 Å². The standard InChI is InChI=1S/C18H19FN2O3S/c1-12-8-13(2)10-15(9-12)21-7-6-17(18(21)22)20-25(23,24)16-5-3-4-14(19)11-16/h3-5,8-11,17,20H,6-7H2,1-2H3/t17-/m0/s1. The van der Waals surface area contributed by atoms with Crippen LogP contribution < -0.4 is 9.62 Å². The molecule has 1 saturated heterocycles. The van der Waals surface area contributed by atoms with Gasteiger partial charge in [0.1, 0.15) is 11.9 Å². The molecule has 0 saturated carbocycles. The molecule has 25 heavy (non-hydrogen) atoms. The quantitative estimate of drug-likeness (QED) is 0.909. The molecule has 0 aliphatic carbocycles. The van der Waals surface area contributed by atoms with Crippen LogP contribution in [0.5, 0.6) is 0 Å². The van der Waals surface area contributed by atoms with Gasteiger partial charge in [-0.3, -0.25) is 4.79 Å². The summed E-state index contributed by atoms with van der Waals surface area (Å²) in [5.41, 5.74) is 2.83. The lowest BCUT2D eigenvalue weighted by atomic mass is 10.1. The lowest BCUT2D eigenvalue weighted by Gasteiger charge is -2.18. The van der Waals surface area contributed by atoms with Crippen molar-refractivity contribution < 1.29 is 17.6 Å². The Balaban J connectivity index is 1.80. The topological polar surface area (TPSA) is 66.5 Å². The number of carbonyl (C=O) groups is 1. The Labute approximate surface area is 146 Å². The fourth-order valence-electron chi connectivity index (χ4n) is 3.04. The second-order valence-corrected chi connectivity index (χ2v) is 7.97. The minimum atomic E-state index is -3.96. The third kappa shape index (κ3) is 3.72. The highest BCUT2D eigenvalue weighted by Crippen LogP contribution is 2.25. The van der Waals surface area contributed by atoms with Gasteiger partial charge in [0, 0.05) is 12.2 Å². The van der Waals surface area contributed by atoms with E-state index in [9.17, 15) is 17.6 Å². The van der Waals surface area contributed by atoms with Gasteiger partial charge in [-0.25, -0.2) is 12.8 Å². The summed E-state index contributed by atoms with van der Waals surface area (Å²) in [7, 11) is -3.96. The van der Waals surface area contributed by atoms with Gasteiger partial charge in [-0.05, 0) is 61.7 Å². The average Bonchev–Trinajstić information content (AvgIpc) is 2.87. The summed E-state index contributed by atoms with van der Waals surface area (Å²) in [5, 5.41) is 0. The number of halogens is 1. The van der Waals surface area contributed by atoms with Gasteiger partial charge in [0.05, 0.1) is 4.90 Å². The lowest BCUT2D eigenvalue weighted by molar-refractivity contribution is -0.118. The van der Waals surface area contributed by atoms with Crippen molar-refractivity contribution in [2.75, 3.05) is 11.4 Å². The van der Waals surface area contributed by atoms with Crippen molar-refractivity contribution in [1.29, 1.82) is 0 Å². The fourth-order valence-corrected chi connectivity index (χ4v) is 4.30. The minimum absolute atomic E-state index is 0.190. The van der Waals surface area contributed by atoms with Crippen LogP contribution in [0.1, 0.15) is 17.5 Å². The van der Waals surface area contributed by atoms with Crippen LogP contribution in [-0.2, 0) is 14.8 Å². The third-order valence-corrected chi connectivity index (χ3v) is 5.60. The van der Waals surface area contributed by atoms with Crippen molar-refractivity contribution in [3.63, 3.8) is 0 Å². The Morgan fingerprint density at radius 1 is 1.12 bits per heavy atom. The first-order chi connectivity index (χ1) is 11.8. The van der Waals surface area contributed by atoms with E-state index < -0.39 is 21.9 Å². The maximum atomic E-state index is 13.3. The van der Waals surface area contributed by atoms with Gasteiger partial charge in [-0.1, -0.05) is 12.1 Å². The largest absolute Gasteiger partial charge is 0.311 e. The normalized spacial score (nSPS) is 18.0. The second kappa shape index (κ2) is 6.57. The van der Waals surface area contributed by atoms with E-state index in [0.717, 1.165) is 22.9 Å². The molecule has 3 rings (SSSR count). The zero-order valence-electron chi connectivity index (χ0n) is 14.0. The molecule has 1 amide bonds. The van der Waals surface area contributed by atoms with E-state index in [0.29, 0.717) is 13.0 Å². The molecule has 1 aliphatic heterocycles. The van der Waals surface area contributed by atoms with Crippen LogP contribution in [0, 0.1) is 19.7 Å². The molecule has 1 heterocycles. The maximum Gasteiger partial charge on any atom is 0.245 e. The Bertz CT molecular complexity index is 907. The second-order valence-electron chi connectivity index (χ2n) is 6.26. The van der Waals surface area contributed by atoms with Crippen LogP contribution in [0.4, 0.5) is 10.1 Å². The summed E-state index contributed by atoms with van der Waals surface area (Å²) < 4.78 is 40.4.